The zero-order chi connectivity index (χ0) is 21.7. The van der Waals surface area contributed by atoms with Gasteiger partial charge in [0.25, 0.3) is 5.91 Å². The zero-order valence-electron chi connectivity index (χ0n) is 17.4. The topological polar surface area (TPSA) is 84.7 Å². The van der Waals surface area contributed by atoms with Crippen LogP contribution in [0.3, 0.4) is 0 Å². The maximum absolute atomic E-state index is 13.0. The second-order valence-corrected chi connectivity index (χ2v) is 8.10. The van der Waals surface area contributed by atoms with Gasteiger partial charge < -0.3 is 14.7 Å². The summed E-state index contributed by atoms with van der Waals surface area (Å²) in [5, 5.41) is 10.5. The molecule has 0 radical (unpaired) electrons. The number of likely N-dealkylation sites (N-methyl/N-ethyl adjacent to an activating group) is 1. The van der Waals surface area contributed by atoms with Crippen LogP contribution in [0.25, 0.3) is 0 Å². The molecule has 3 aromatic rings. The molecule has 0 bridgehead atoms. The number of amides is 1. The molecule has 1 N–H and O–H groups in total. The van der Waals surface area contributed by atoms with Gasteiger partial charge in [0.1, 0.15) is 0 Å². The first-order valence-corrected chi connectivity index (χ1v) is 10.3. The number of carbonyl (C=O) groups is 1. The summed E-state index contributed by atoms with van der Waals surface area (Å²) in [5.41, 5.74) is 3.91. The molecule has 7 heteroatoms. The smallest absolute Gasteiger partial charge is 0.318 e. The number of hydrogen-bond acceptors (Lipinski definition) is 5. The Bertz CT molecular complexity index is 1200. The van der Waals surface area contributed by atoms with Gasteiger partial charge in [0, 0.05) is 19.5 Å². The number of rotatable bonds is 2. The van der Waals surface area contributed by atoms with E-state index in [0.29, 0.717) is 6.54 Å². The van der Waals surface area contributed by atoms with Crippen molar-refractivity contribution < 1.29 is 14.6 Å². The van der Waals surface area contributed by atoms with Crippen LogP contribution in [-0.4, -0.2) is 46.2 Å². The van der Waals surface area contributed by atoms with Crippen LogP contribution in [0, 0.1) is 0 Å². The molecule has 31 heavy (non-hydrogen) atoms. The third-order valence-corrected chi connectivity index (χ3v) is 6.42. The highest BCUT2D eigenvalue weighted by Gasteiger charge is 2.41. The molecule has 5 rings (SSSR count). The van der Waals surface area contributed by atoms with Gasteiger partial charge in [0.05, 0.1) is 13.2 Å². The van der Waals surface area contributed by atoms with Gasteiger partial charge in [0.2, 0.25) is 5.75 Å². The number of fused-ring (bicyclic) bond motifs is 3. The summed E-state index contributed by atoms with van der Waals surface area (Å²) in [4.78, 5) is 30.7. The average molecular weight is 417 g/mol. The number of aromatic nitrogens is 2. The molecule has 0 unspecified atom stereocenters. The molecule has 2 aliphatic rings. The van der Waals surface area contributed by atoms with Crippen LogP contribution in [0.4, 0.5) is 0 Å². The monoisotopic (exact) mass is 417 g/mol. The Morgan fingerprint density at radius 1 is 1.00 bits per heavy atom. The summed E-state index contributed by atoms with van der Waals surface area (Å²) in [5.74, 6) is -1.18. The number of aryl methyl sites for hydroxylation is 2. The van der Waals surface area contributed by atoms with Gasteiger partial charge in [-0.05, 0) is 35.1 Å². The molecular formula is C24H23N3O4. The molecule has 2 heterocycles. The molecule has 1 atom stereocenters. The Kier molecular flexibility index (Phi) is 4.54. The lowest BCUT2D eigenvalue weighted by Crippen LogP contribution is -2.45. The fourth-order valence-corrected chi connectivity index (χ4v) is 5.02. The molecule has 1 aliphatic heterocycles. The van der Waals surface area contributed by atoms with Crippen LogP contribution < -0.4 is 10.3 Å². The minimum atomic E-state index is -0.868. The number of carbonyl (C=O) groups excluding carboxylic acids is 1. The number of ether oxygens (including phenoxy) is 1. The summed E-state index contributed by atoms with van der Waals surface area (Å²) < 4.78 is 7.04. The average Bonchev–Trinajstić information content (AvgIpc) is 2.95. The van der Waals surface area contributed by atoms with Crippen LogP contribution in [0.2, 0.25) is 0 Å². The Hall–Kier alpha value is -3.61. The fraction of sp³-hybridized carbons (Fsp3) is 0.292. The predicted molar refractivity (Wildman–Crippen MR) is 115 cm³/mol. The van der Waals surface area contributed by atoms with E-state index in [4.69, 9.17) is 4.74 Å². The molecule has 0 spiro atoms. The summed E-state index contributed by atoms with van der Waals surface area (Å²) in [6, 6.07) is 16.4. The Labute approximate surface area is 179 Å². The van der Waals surface area contributed by atoms with E-state index in [9.17, 15) is 14.7 Å². The quantitative estimate of drug-likeness (QED) is 0.693. The first-order valence-electron chi connectivity index (χ1n) is 10.3. The summed E-state index contributed by atoms with van der Waals surface area (Å²) >= 11 is 0. The van der Waals surface area contributed by atoms with Gasteiger partial charge in [-0.15, -0.1) is 0 Å². The van der Waals surface area contributed by atoms with Gasteiger partial charge in [-0.2, -0.15) is 4.98 Å². The van der Waals surface area contributed by atoms with Crippen molar-refractivity contribution in [3.05, 3.63) is 86.8 Å². The molecule has 1 aromatic heterocycles. The van der Waals surface area contributed by atoms with Crippen molar-refractivity contribution in [2.24, 2.45) is 0 Å². The number of hydrogen-bond donors (Lipinski definition) is 1. The van der Waals surface area contributed by atoms with E-state index in [0.717, 1.165) is 12.8 Å². The largest absolute Gasteiger partial charge is 0.501 e. The molecule has 158 valence electrons. The third kappa shape index (κ3) is 2.91. The molecule has 2 aromatic carbocycles. The lowest BCUT2D eigenvalue weighted by molar-refractivity contribution is 0.0688. The Morgan fingerprint density at radius 2 is 1.58 bits per heavy atom. The van der Waals surface area contributed by atoms with Crippen molar-refractivity contribution in [1.29, 1.82) is 0 Å². The van der Waals surface area contributed by atoms with Gasteiger partial charge in [-0.3, -0.25) is 14.2 Å². The van der Waals surface area contributed by atoms with Gasteiger partial charge in [0.15, 0.2) is 5.69 Å². The van der Waals surface area contributed by atoms with Crippen LogP contribution in [0.5, 0.6) is 11.8 Å². The van der Waals surface area contributed by atoms with Crippen molar-refractivity contribution in [2.75, 3.05) is 20.7 Å². The SMILES string of the molecule is COc1nc(=O)c(O)c2n1[C@@H](C1c3ccccc3CCc3ccccc31)CN(C)C2=O. The zero-order valence-corrected chi connectivity index (χ0v) is 17.4. The third-order valence-electron chi connectivity index (χ3n) is 6.42. The van der Waals surface area contributed by atoms with E-state index in [2.05, 4.69) is 29.2 Å². The van der Waals surface area contributed by atoms with Crippen molar-refractivity contribution >= 4 is 5.91 Å². The molecule has 0 saturated carbocycles. The van der Waals surface area contributed by atoms with E-state index in [-0.39, 0.29) is 23.7 Å². The Morgan fingerprint density at radius 3 is 2.16 bits per heavy atom. The lowest BCUT2D eigenvalue weighted by atomic mass is 9.81. The maximum Gasteiger partial charge on any atom is 0.318 e. The second kappa shape index (κ2) is 7.27. The number of nitrogens with zero attached hydrogens (tertiary/aromatic N) is 3. The van der Waals surface area contributed by atoms with Gasteiger partial charge >= 0.3 is 11.6 Å². The van der Waals surface area contributed by atoms with Gasteiger partial charge in [-0.1, -0.05) is 48.5 Å². The van der Waals surface area contributed by atoms with Crippen molar-refractivity contribution in [1.82, 2.24) is 14.5 Å². The standard InChI is InChI=1S/C24H23N3O4/c1-26-13-18(27-20(23(26)30)21(28)22(29)25-24(27)31-2)19-16-9-5-3-7-14(16)11-12-15-8-4-6-10-17(15)19/h3-10,18-19,28H,11-13H2,1-2H3/t18-/m1/s1. The maximum atomic E-state index is 13.0. The highest BCUT2D eigenvalue weighted by Crippen LogP contribution is 2.45. The molecule has 0 saturated heterocycles. The van der Waals surface area contributed by atoms with E-state index in [1.807, 2.05) is 24.3 Å². The normalized spacial score (nSPS) is 18.1. The highest BCUT2D eigenvalue weighted by atomic mass is 16.5. The predicted octanol–water partition coefficient (Wildman–Crippen LogP) is 2.51. The van der Waals surface area contributed by atoms with Crippen molar-refractivity contribution in [3.63, 3.8) is 0 Å². The minimum absolute atomic E-state index is 0.0310. The molecule has 7 nitrogen and oxygen atoms in total. The van der Waals surface area contributed by atoms with E-state index in [1.165, 1.54) is 29.4 Å². The number of benzene rings is 2. The minimum Gasteiger partial charge on any atom is -0.501 e. The van der Waals surface area contributed by atoms with E-state index < -0.39 is 17.2 Å². The summed E-state index contributed by atoms with van der Waals surface area (Å²) in [6.45, 7) is 0.388. The van der Waals surface area contributed by atoms with Crippen molar-refractivity contribution in [3.8, 4) is 11.8 Å². The first-order chi connectivity index (χ1) is 15.0. The Balaban J connectivity index is 1.83. The fourth-order valence-electron chi connectivity index (χ4n) is 5.02. The summed E-state index contributed by atoms with van der Waals surface area (Å²) in [6.07, 6.45) is 1.84. The van der Waals surface area contributed by atoms with Crippen molar-refractivity contribution in [2.45, 2.75) is 24.8 Å². The molecule has 1 aliphatic carbocycles. The highest BCUT2D eigenvalue weighted by molar-refractivity contribution is 5.96. The lowest BCUT2D eigenvalue weighted by Gasteiger charge is -2.39. The summed E-state index contributed by atoms with van der Waals surface area (Å²) in [7, 11) is 3.10. The van der Waals surface area contributed by atoms with Crippen LogP contribution in [0.1, 0.15) is 44.7 Å². The molecular weight excluding hydrogens is 394 g/mol. The first kappa shape index (κ1) is 19.4. The van der Waals surface area contributed by atoms with Crippen LogP contribution in [0.15, 0.2) is 53.3 Å². The van der Waals surface area contributed by atoms with Crippen LogP contribution in [-0.2, 0) is 12.8 Å². The van der Waals surface area contributed by atoms with E-state index >= 15 is 0 Å². The molecule has 1 amide bonds. The number of methoxy groups -OCH3 is 1. The van der Waals surface area contributed by atoms with Crippen LogP contribution >= 0.6 is 0 Å². The second-order valence-electron chi connectivity index (χ2n) is 8.10. The molecule has 0 fully saturated rings. The number of aromatic hydroxyl groups is 1. The van der Waals surface area contributed by atoms with Gasteiger partial charge in [-0.25, -0.2) is 0 Å². The van der Waals surface area contributed by atoms with E-state index in [1.54, 1.807) is 16.5 Å².